The molecule has 0 bridgehead atoms. The molecule has 5 nitrogen and oxygen atoms in total. The lowest BCUT2D eigenvalue weighted by Gasteiger charge is -2.11. The van der Waals surface area contributed by atoms with E-state index in [1.807, 2.05) is 36.0 Å². The smallest absolute Gasteiger partial charge is 0.237 e. The maximum Gasteiger partial charge on any atom is 0.237 e. The maximum atomic E-state index is 11.9. The minimum absolute atomic E-state index is 0.0573. The Labute approximate surface area is 127 Å². The summed E-state index contributed by atoms with van der Waals surface area (Å²) in [6.45, 7) is 0.984. The van der Waals surface area contributed by atoms with E-state index in [-0.39, 0.29) is 11.9 Å². The fourth-order valence-electron chi connectivity index (χ4n) is 2.37. The highest BCUT2D eigenvalue weighted by Gasteiger charge is 2.27. The van der Waals surface area contributed by atoms with Crippen LogP contribution in [0.5, 0.6) is 0 Å². The average molecular weight is 303 g/mol. The summed E-state index contributed by atoms with van der Waals surface area (Å²) in [6, 6.07) is 7.80. The Hall–Kier alpha value is -1.76. The summed E-state index contributed by atoms with van der Waals surface area (Å²) in [5, 5.41) is 15.3. The molecule has 0 unspecified atom stereocenters. The molecule has 1 aromatic heterocycles. The highest BCUT2D eigenvalue weighted by atomic mass is 32.1. The van der Waals surface area contributed by atoms with E-state index < -0.39 is 6.10 Å². The van der Waals surface area contributed by atoms with E-state index in [9.17, 15) is 9.90 Å². The van der Waals surface area contributed by atoms with Crippen LogP contribution in [0.15, 0.2) is 36.0 Å². The molecule has 1 aliphatic rings. The van der Waals surface area contributed by atoms with Crippen molar-refractivity contribution in [2.75, 3.05) is 6.54 Å². The molecule has 0 aliphatic carbocycles. The lowest BCUT2D eigenvalue weighted by Crippen LogP contribution is -2.39. The van der Waals surface area contributed by atoms with Crippen molar-refractivity contribution in [2.24, 2.45) is 0 Å². The highest BCUT2D eigenvalue weighted by Crippen LogP contribution is 2.23. The van der Waals surface area contributed by atoms with Crippen molar-refractivity contribution in [2.45, 2.75) is 25.1 Å². The van der Waals surface area contributed by atoms with Crippen molar-refractivity contribution in [3.8, 4) is 10.4 Å². The van der Waals surface area contributed by atoms with Gasteiger partial charge in [-0.2, -0.15) is 0 Å². The van der Waals surface area contributed by atoms with Gasteiger partial charge in [-0.25, -0.2) is 0 Å². The van der Waals surface area contributed by atoms with Crippen LogP contribution in [0.2, 0.25) is 0 Å². The zero-order valence-corrected chi connectivity index (χ0v) is 12.3. The van der Waals surface area contributed by atoms with Crippen molar-refractivity contribution in [1.29, 1.82) is 0 Å². The molecule has 3 rings (SSSR count). The first-order chi connectivity index (χ1) is 10.2. The average Bonchev–Trinajstić information content (AvgIpc) is 3.16. The van der Waals surface area contributed by atoms with Crippen LogP contribution in [0.4, 0.5) is 0 Å². The minimum Gasteiger partial charge on any atom is -0.392 e. The first kappa shape index (κ1) is 14.2. The van der Waals surface area contributed by atoms with Crippen LogP contribution in [0.25, 0.3) is 10.4 Å². The Kier molecular flexibility index (Phi) is 4.28. The molecular formula is C15H17N3O2S. The number of hydrogen-bond donors (Lipinski definition) is 3. The number of rotatable bonds is 4. The lowest BCUT2D eigenvalue weighted by atomic mass is 10.1. The third-order valence-corrected chi connectivity index (χ3v) is 4.38. The molecule has 1 fully saturated rings. The van der Waals surface area contributed by atoms with E-state index >= 15 is 0 Å². The molecule has 6 heteroatoms. The van der Waals surface area contributed by atoms with Crippen molar-refractivity contribution in [3.63, 3.8) is 0 Å². The van der Waals surface area contributed by atoms with Crippen LogP contribution in [-0.4, -0.2) is 34.7 Å². The molecule has 110 valence electrons. The predicted molar refractivity (Wildman–Crippen MR) is 81.8 cm³/mol. The Morgan fingerprint density at radius 2 is 2.24 bits per heavy atom. The highest BCUT2D eigenvalue weighted by molar-refractivity contribution is 7.13. The van der Waals surface area contributed by atoms with Gasteiger partial charge in [0.1, 0.15) is 0 Å². The first-order valence-corrected chi connectivity index (χ1v) is 7.77. The zero-order chi connectivity index (χ0) is 14.7. The molecule has 3 N–H and O–H groups in total. The third kappa shape index (κ3) is 3.47. The molecular weight excluding hydrogens is 286 g/mol. The van der Waals surface area contributed by atoms with Crippen LogP contribution in [-0.2, 0) is 11.3 Å². The van der Waals surface area contributed by atoms with Crippen LogP contribution in [0.3, 0.4) is 0 Å². The molecule has 21 heavy (non-hydrogen) atoms. The van der Waals surface area contributed by atoms with Gasteiger partial charge in [-0.15, -0.1) is 11.3 Å². The largest absolute Gasteiger partial charge is 0.392 e. The van der Waals surface area contributed by atoms with Crippen molar-refractivity contribution < 1.29 is 9.90 Å². The number of benzene rings is 1. The Balaban J connectivity index is 1.55. The molecule has 1 amide bonds. The van der Waals surface area contributed by atoms with Gasteiger partial charge >= 0.3 is 0 Å². The number of β-amino-alcohol motifs (C(OH)–C–C–N with tert-alkyl or cyclic N) is 1. The molecule has 1 saturated heterocycles. The molecule has 2 atom stereocenters. The summed E-state index contributed by atoms with van der Waals surface area (Å²) in [7, 11) is 0. The Morgan fingerprint density at radius 1 is 1.43 bits per heavy atom. The lowest BCUT2D eigenvalue weighted by molar-refractivity contribution is -0.123. The van der Waals surface area contributed by atoms with E-state index in [0.717, 1.165) is 16.0 Å². The van der Waals surface area contributed by atoms with Gasteiger partial charge in [0.15, 0.2) is 0 Å². The van der Waals surface area contributed by atoms with Gasteiger partial charge in [0.2, 0.25) is 5.91 Å². The summed E-state index contributed by atoms with van der Waals surface area (Å²) in [6.07, 6.45) is 1.91. The van der Waals surface area contributed by atoms with Crippen LogP contribution in [0.1, 0.15) is 12.0 Å². The number of hydrogen-bond acceptors (Lipinski definition) is 5. The molecule has 2 heterocycles. The number of carbonyl (C=O) groups is 1. The molecule has 0 saturated carbocycles. The summed E-state index contributed by atoms with van der Waals surface area (Å²) >= 11 is 1.60. The molecule has 0 radical (unpaired) electrons. The molecule has 0 spiro atoms. The molecule has 1 aromatic carbocycles. The monoisotopic (exact) mass is 303 g/mol. The number of nitrogens with one attached hydrogen (secondary N) is 2. The van der Waals surface area contributed by atoms with E-state index in [1.165, 1.54) is 0 Å². The van der Waals surface area contributed by atoms with Gasteiger partial charge in [0.25, 0.3) is 0 Å². The van der Waals surface area contributed by atoms with Crippen molar-refractivity contribution in [1.82, 2.24) is 15.6 Å². The number of amides is 1. The second kappa shape index (κ2) is 6.34. The van der Waals surface area contributed by atoms with Crippen LogP contribution >= 0.6 is 11.3 Å². The van der Waals surface area contributed by atoms with Gasteiger partial charge in [0.05, 0.1) is 22.5 Å². The third-order valence-electron chi connectivity index (χ3n) is 3.56. The van der Waals surface area contributed by atoms with Gasteiger partial charge < -0.3 is 15.7 Å². The Morgan fingerprint density at radius 3 is 2.86 bits per heavy atom. The van der Waals surface area contributed by atoms with Crippen LogP contribution in [0, 0.1) is 0 Å². The quantitative estimate of drug-likeness (QED) is 0.792. The number of carbonyl (C=O) groups excluding carboxylic acids is 1. The van der Waals surface area contributed by atoms with Crippen molar-refractivity contribution in [3.05, 3.63) is 41.5 Å². The standard InChI is InChI=1S/C15H17N3O2S/c19-12-5-13(17-7-12)15(20)18-6-10-1-3-11(4-2-10)14-8-16-9-21-14/h1-4,8-9,12-13,17,19H,5-7H2,(H,18,20)/t12-,13+/m1/s1. The molecule has 1 aliphatic heterocycles. The fourth-order valence-corrected chi connectivity index (χ4v) is 3.00. The van der Waals surface area contributed by atoms with Crippen LogP contribution < -0.4 is 10.6 Å². The number of aliphatic hydroxyl groups excluding tert-OH is 1. The summed E-state index contributed by atoms with van der Waals surface area (Å²) < 4.78 is 0. The van der Waals surface area contributed by atoms with E-state index in [4.69, 9.17) is 0 Å². The molecule has 2 aromatic rings. The maximum absolute atomic E-state index is 11.9. The second-order valence-electron chi connectivity index (χ2n) is 5.13. The topological polar surface area (TPSA) is 74.2 Å². The second-order valence-corrected chi connectivity index (χ2v) is 6.02. The zero-order valence-electron chi connectivity index (χ0n) is 11.5. The van der Waals surface area contributed by atoms with Crippen molar-refractivity contribution >= 4 is 17.2 Å². The number of aliphatic hydroxyl groups is 1. The van der Waals surface area contributed by atoms with E-state index in [1.54, 1.807) is 11.3 Å². The number of aromatic nitrogens is 1. The fraction of sp³-hybridized carbons (Fsp3) is 0.333. The van der Waals surface area contributed by atoms with Gasteiger partial charge in [-0.3, -0.25) is 9.78 Å². The van der Waals surface area contributed by atoms with Gasteiger partial charge in [-0.1, -0.05) is 24.3 Å². The summed E-state index contributed by atoms with van der Waals surface area (Å²) in [5.41, 5.74) is 4.00. The number of thiazole rings is 1. The normalized spacial score (nSPS) is 21.4. The Bertz CT molecular complexity index is 598. The summed E-state index contributed by atoms with van der Waals surface area (Å²) in [4.78, 5) is 17.1. The summed E-state index contributed by atoms with van der Waals surface area (Å²) in [5.74, 6) is -0.0573. The number of nitrogens with zero attached hydrogens (tertiary/aromatic N) is 1. The van der Waals surface area contributed by atoms with Gasteiger partial charge in [0, 0.05) is 19.3 Å². The predicted octanol–water partition coefficient (Wildman–Crippen LogP) is 1.15. The van der Waals surface area contributed by atoms with E-state index in [0.29, 0.717) is 19.5 Å². The first-order valence-electron chi connectivity index (χ1n) is 6.89. The SMILES string of the molecule is O=C(NCc1ccc(-c2cncs2)cc1)[C@@H]1C[C@@H](O)CN1. The van der Waals surface area contributed by atoms with E-state index in [2.05, 4.69) is 15.6 Å². The minimum atomic E-state index is -0.417. The van der Waals surface area contributed by atoms with Gasteiger partial charge in [-0.05, 0) is 17.5 Å².